The number of hydrogen-bond donors (Lipinski definition) is 1. The highest BCUT2D eigenvalue weighted by molar-refractivity contribution is 6.46. The average molecular weight is 452 g/mol. The SMILES string of the molecule is COc1ccc(OC)c(/C(O)=C2\C(=O)C(=O)N(C3CCCCC3)C2c2ccccc2OC)c1. The van der Waals surface area contributed by atoms with Crippen molar-refractivity contribution in [2.45, 2.75) is 44.2 Å². The van der Waals surface area contributed by atoms with Crippen LogP contribution in [0.3, 0.4) is 0 Å². The van der Waals surface area contributed by atoms with Crippen LogP contribution in [0.2, 0.25) is 0 Å². The summed E-state index contributed by atoms with van der Waals surface area (Å²) >= 11 is 0. The van der Waals surface area contributed by atoms with Crippen LogP contribution in [-0.2, 0) is 9.59 Å². The number of rotatable bonds is 6. The fourth-order valence-corrected chi connectivity index (χ4v) is 4.93. The molecule has 2 aromatic rings. The Morgan fingerprint density at radius 1 is 0.909 bits per heavy atom. The number of carbonyl (C=O) groups excluding carboxylic acids is 2. The highest BCUT2D eigenvalue weighted by Crippen LogP contribution is 2.46. The van der Waals surface area contributed by atoms with Crippen molar-refractivity contribution in [2.75, 3.05) is 21.3 Å². The fourth-order valence-electron chi connectivity index (χ4n) is 4.93. The molecule has 174 valence electrons. The van der Waals surface area contributed by atoms with Crippen LogP contribution in [0.15, 0.2) is 48.0 Å². The maximum Gasteiger partial charge on any atom is 0.295 e. The molecule has 1 aliphatic heterocycles. The van der Waals surface area contributed by atoms with E-state index in [1.54, 1.807) is 36.3 Å². The number of benzene rings is 2. The first-order valence-corrected chi connectivity index (χ1v) is 11.2. The molecule has 7 nitrogen and oxygen atoms in total. The van der Waals surface area contributed by atoms with E-state index in [-0.39, 0.29) is 17.4 Å². The second kappa shape index (κ2) is 9.57. The molecule has 1 N–H and O–H groups in total. The topological polar surface area (TPSA) is 85.3 Å². The van der Waals surface area contributed by atoms with Crippen LogP contribution in [0.1, 0.15) is 49.3 Å². The summed E-state index contributed by atoms with van der Waals surface area (Å²) in [6.45, 7) is 0. The quantitative estimate of drug-likeness (QED) is 0.396. The van der Waals surface area contributed by atoms with Gasteiger partial charge in [-0.25, -0.2) is 0 Å². The second-order valence-corrected chi connectivity index (χ2v) is 8.31. The molecule has 2 aromatic carbocycles. The van der Waals surface area contributed by atoms with Crippen LogP contribution in [0.25, 0.3) is 5.76 Å². The lowest BCUT2D eigenvalue weighted by Crippen LogP contribution is -2.40. The number of aliphatic hydroxyl groups is 1. The van der Waals surface area contributed by atoms with Gasteiger partial charge >= 0.3 is 0 Å². The highest BCUT2D eigenvalue weighted by atomic mass is 16.5. The Balaban J connectivity index is 1.95. The van der Waals surface area contributed by atoms with Crippen LogP contribution >= 0.6 is 0 Å². The molecule has 1 aliphatic carbocycles. The Bertz CT molecular complexity index is 1090. The molecule has 1 saturated heterocycles. The van der Waals surface area contributed by atoms with Gasteiger partial charge in [-0.05, 0) is 37.1 Å². The van der Waals surface area contributed by atoms with Gasteiger partial charge in [-0.2, -0.15) is 0 Å². The van der Waals surface area contributed by atoms with Crippen LogP contribution in [-0.4, -0.2) is 49.1 Å². The van der Waals surface area contributed by atoms with E-state index in [1.807, 2.05) is 18.2 Å². The first-order chi connectivity index (χ1) is 16.0. The molecule has 1 unspecified atom stereocenters. The molecule has 4 rings (SSSR count). The Hall–Kier alpha value is -3.48. The van der Waals surface area contributed by atoms with Crippen LogP contribution in [0.5, 0.6) is 17.2 Å². The Kier molecular flexibility index (Phi) is 6.58. The number of para-hydroxylation sites is 1. The smallest absolute Gasteiger partial charge is 0.295 e. The lowest BCUT2D eigenvalue weighted by atomic mass is 9.90. The molecular formula is C26H29NO6. The number of methoxy groups -OCH3 is 3. The van der Waals surface area contributed by atoms with Crippen LogP contribution in [0.4, 0.5) is 0 Å². The van der Waals surface area contributed by atoms with Gasteiger partial charge in [0.15, 0.2) is 0 Å². The summed E-state index contributed by atoms with van der Waals surface area (Å²) < 4.78 is 16.3. The molecule has 0 aromatic heterocycles. The molecule has 2 aliphatic rings. The van der Waals surface area contributed by atoms with E-state index < -0.39 is 17.7 Å². The van der Waals surface area contributed by atoms with Gasteiger partial charge in [0, 0.05) is 11.6 Å². The van der Waals surface area contributed by atoms with Gasteiger partial charge in [0.1, 0.15) is 23.0 Å². The minimum atomic E-state index is -0.764. The number of amides is 1. The Labute approximate surface area is 193 Å². The van der Waals surface area contributed by atoms with E-state index in [0.29, 0.717) is 28.4 Å². The standard InChI is InChI=1S/C26H29NO6/c1-31-17-13-14-21(33-3)19(15-17)24(28)22-23(18-11-7-8-12-20(18)32-2)27(26(30)25(22)29)16-9-5-4-6-10-16/h7-8,11-16,23,28H,4-6,9-10H2,1-3H3/b24-22+. The number of ether oxygens (including phenoxy) is 3. The number of likely N-dealkylation sites (tertiary alicyclic amines) is 1. The van der Waals surface area contributed by atoms with Gasteiger partial charge in [-0.1, -0.05) is 37.5 Å². The number of hydrogen-bond acceptors (Lipinski definition) is 6. The van der Waals surface area contributed by atoms with E-state index in [2.05, 4.69) is 0 Å². The lowest BCUT2D eigenvalue weighted by Gasteiger charge is -2.35. The Morgan fingerprint density at radius 2 is 1.61 bits per heavy atom. The van der Waals surface area contributed by atoms with Crippen molar-refractivity contribution in [1.82, 2.24) is 4.90 Å². The predicted octanol–water partition coefficient (Wildman–Crippen LogP) is 4.47. The van der Waals surface area contributed by atoms with Gasteiger partial charge in [-0.3, -0.25) is 9.59 Å². The van der Waals surface area contributed by atoms with E-state index in [9.17, 15) is 14.7 Å². The van der Waals surface area contributed by atoms with Crippen LogP contribution in [0, 0.1) is 0 Å². The molecule has 1 atom stereocenters. The molecule has 0 spiro atoms. The van der Waals surface area contributed by atoms with Crippen molar-refractivity contribution >= 4 is 17.4 Å². The highest BCUT2D eigenvalue weighted by Gasteiger charge is 2.49. The number of aliphatic hydroxyl groups excluding tert-OH is 1. The predicted molar refractivity (Wildman–Crippen MR) is 124 cm³/mol. The number of nitrogens with zero attached hydrogens (tertiary/aromatic N) is 1. The van der Waals surface area contributed by atoms with E-state index >= 15 is 0 Å². The maximum absolute atomic E-state index is 13.4. The summed E-state index contributed by atoms with van der Waals surface area (Å²) in [4.78, 5) is 28.4. The lowest BCUT2D eigenvalue weighted by molar-refractivity contribution is -0.141. The molecule has 2 fully saturated rings. The minimum absolute atomic E-state index is 0.0293. The molecular weight excluding hydrogens is 422 g/mol. The number of ketones is 1. The molecule has 1 amide bonds. The van der Waals surface area contributed by atoms with E-state index in [1.165, 1.54) is 14.2 Å². The van der Waals surface area contributed by atoms with Gasteiger partial charge in [0.2, 0.25) is 0 Å². The third-order valence-corrected chi connectivity index (χ3v) is 6.54. The van der Waals surface area contributed by atoms with E-state index in [0.717, 1.165) is 32.1 Å². The summed E-state index contributed by atoms with van der Waals surface area (Å²) in [5, 5.41) is 11.5. The first-order valence-electron chi connectivity index (χ1n) is 11.2. The van der Waals surface area contributed by atoms with Gasteiger partial charge in [-0.15, -0.1) is 0 Å². The van der Waals surface area contributed by atoms with Crippen LogP contribution < -0.4 is 14.2 Å². The zero-order valence-corrected chi connectivity index (χ0v) is 19.2. The second-order valence-electron chi connectivity index (χ2n) is 8.31. The number of Topliss-reactive ketones (excluding diaryl/α,β-unsaturated/α-hetero) is 1. The zero-order chi connectivity index (χ0) is 23.5. The third kappa shape index (κ3) is 4.03. The van der Waals surface area contributed by atoms with Gasteiger partial charge in [0.25, 0.3) is 11.7 Å². The monoisotopic (exact) mass is 451 g/mol. The average Bonchev–Trinajstić information content (AvgIpc) is 3.13. The maximum atomic E-state index is 13.4. The molecule has 1 saturated carbocycles. The summed E-state index contributed by atoms with van der Waals surface area (Å²) in [5.41, 5.74) is 0.980. The van der Waals surface area contributed by atoms with Gasteiger partial charge in [0.05, 0.1) is 38.5 Å². The zero-order valence-electron chi connectivity index (χ0n) is 19.2. The minimum Gasteiger partial charge on any atom is -0.507 e. The van der Waals surface area contributed by atoms with Crippen molar-refractivity contribution < 1.29 is 28.9 Å². The first kappa shape index (κ1) is 22.7. The van der Waals surface area contributed by atoms with Crippen molar-refractivity contribution in [3.63, 3.8) is 0 Å². The normalized spacial score (nSPS) is 20.7. The Morgan fingerprint density at radius 3 is 2.27 bits per heavy atom. The summed E-state index contributed by atoms with van der Waals surface area (Å²) in [6, 6.07) is 11.4. The molecule has 0 radical (unpaired) electrons. The van der Waals surface area contributed by atoms with Crippen molar-refractivity contribution in [3.8, 4) is 17.2 Å². The molecule has 1 heterocycles. The molecule has 33 heavy (non-hydrogen) atoms. The van der Waals surface area contributed by atoms with Crippen molar-refractivity contribution in [3.05, 3.63) is 59.2 Å². The largest absolute Gasteiger partial charge is 0.507 e. The van der Waals surface area contributed by atoms with Crippen molar-refractivity contribution in [2.24, 2.45) is 0 Å². The van der Waals surface area contributed by atoms with Crippen molar-refractivity contribution in [1.29, 1.82) is 0 Å². The van der Waals surface area contributed by atoms with E-state index in [4.69, 9.17) is 14.2 Å². The molecule has 0 bridgehead atoms. The third-order valence-electron chi connectivity index (χ3n) is 6.54. The summed E-state index contributed by atoms with van der Waals surface area (Å²) in [5.74, 6) is -0.184. The summed E-state index contributed by atoms with van der Waals surface area (Å²) in [7, 11) is 4.55. The number of carbonyl (C=O) groups is 2. The van der Waals surface area contributed by atoms with Gasteiger partial charge < -0.3 is 24.2 Å². The summed E-state index contributed by atoms with van der Waals surface area (Å²) in [6.07, 6.45) is 4.75. The fraction of sp³-hybridized carbons (Fsp3) is 0.385. The molecule has 7 heteroatoms.